The molecular weight excluding hydrogens is 302 g/mol. The number of aryl methyl sites for hydroxylation is 1. The number of aromatic amines is 1. The first kappa shape index (κ1) is 16.4. The number of fused-ring (bicyclic) bond motifs is 1. The zero-order chi connectivity index (χ0) is 16.3. The Hall–Kier alpha value is -2.02. The fraction of sp³-hybridized carbons (Fsp3) is 0.400. The molecule has 0 aliphatic carbocycles. The Bertz CT molecular complexity index is 794. The van der Waals surface area contributed by atoms with Gasteiger partial charge in [0.2, 0.25) is 10.0 Å². The average Bonchev–Trinajstić information content (AvgIpc) is 2.81. The van der Waals surface area contributed by atoms with Crippen molar-refractivity contribution < 1.29 is 13.2 Å². The van der Waals surface area contributed by atoms with E-state index in [0.29, 0.717) is 17.8 Å². The molecule has 1 aromatic carbocycles. The van der Waals surface area contributed by atoms with Crippen LogP contribution in [0.5, 0.6) is 0 Å². The van der Waals surface area contributed by atoms with Crippen molar-refractivity contribution in [2.45, 2.75) is 26.7 Å². The minimum atomic E-state index is -3.33. The summed E-state index contributed by atoms with van der Waals surface area (Å²) in [5, 5.41) is 3.41. The number of benzene rings is 1. The predicted octanol–water partition coefficient (Wildman–Crippen LogP) is 2.38. The number of rotatable bonds is 6. The molecule has 0 unspecified atom stereocenters. The van der Waals surface area contributed by atoms with Crippen LogP contribution >= 0.6 is 0 Å². The van der Waals surface area contributed by atoms with Crippen molar-refractivity contribution in [3.63, 3.8) is 0 Å². The van der Waals surface area contributed by atoms with Gasteiger partial charge in [-0.15, -0.1) is 0 Å². The molecule has 6 nitrogen and oxygen atoms in total. The standard InChI is InChI=1S/C15H21N3O3S/c1-4-5-8-22(20,21)18-11-6-7-13-12(9-11)10(2)14(17-13)15(19)16-3/h6-7,9,17-18H,4-5,8H2,1-3H3,(H,16,19). The molecule has 0 fully saturated rings. The van der Waals surface area contributed by atoms with Crippen molar-refractivity contribution in [3.8, 4) is 0 Å². The lowest BCUT2D eigenvalue weighted by molar-refractivity contribution is 0.0958. The Morgan fingerprint density at radius 3 is 2.68 bits per heavy atom. The first-order valence-electron chi connectivity index (χ1n) is 7.23. The number of amides is 1. The molecule has 1 heterocycles. The number of hydrogen-bond acceptors (Lipinski definition) is 3. The summed E-state index contributed by atoms with van der Waals surface area (Å²) in [7, 11) is -1.76. The fourth-order valence-corrected chi connectivity index (χ4v) is 3.56. The summed E-state index contributed by atoms with van der Waals surface area (Å²) >= 11 is 0. The van der Waals surface area contributed by atoms with Gasteiger partial charge in [-0.25, -0.2) is 8.42 Å². The lowest BCUT2D eigenvalue weighted by Gasteiger charge is -2.07. The van der Waals surface area contributed by atoms with Crippen LogP contribution < -0.4 is 10.0 Å². The van der Waals surface area contributed by atoms with Gasteiger partial charge in [0.25, 0.3) is 5.91 Å². The first-order valence-corrected chi connectivity index (χ1v) is 8.88. The molecule has 0 radical (unpaired) electrons. The number of carbonyl (C=O) groups excluding carboxylic acids is 1. The summed E-state index contributed by atoms with van der Waals surface area (Å²) in [6.07, 6.45) is 1.45. The van der Waals surface area contributed by atoms with Crippen molar-refractivity contribution >= 4 is 32.5 Å². The number of H-pyrrole nitrogens is 1. The molecule has 1 amide bonds. The second-order valence-electron chi connectivity index (χ2n) is 5.24. The Kier molecular flexibility index (Phi) is 4.75. The highest BCUT2D eigenvalue weighted by Crippen LogP contribution is 2.25. The Balaban J connectivity index is 2.35. The highest BCUT2D eigenvalue weighted by Gasteiger charge is 2.15. The molecule has 0 spiro atoms. The summed E-state index contributed by atoms with van der Waals surface area (Å²) in [4.78, 5) is 14.8. The topological polar surface area (TPSA) is 91.1 Å². The third-order valence-electron chi connectivity index (χ3n) is 3.55. The van der Waals surface area contributed by atoms with Crippen molar-refractivity contribution in [3.05, 3.63) is 29.5 Å². The normalized spacial score (nSPS) is 11.6. The van der Waals surface area contributed by atoms with Crippen molar-refractivity contribution in [2.24, 2.45) is 0 Å². The molecule has 3 N–H and O–H groups in total. The van der Waals surface area contributed by atoms with E-state index in [1.165, 1.54) is 0 Å². The number of carbonyl (C=O) groups is 1. The van der Waals surface area contributed by atoms with Gasteiger partial charge in [0.1, 0.15) is 5.69 Å². The summed E-state index contributed by atoms with van der Waals surface area (Å²) in [5.41, 5.74) is 2.59. The molecule has 0 saturated heterocycles. The van der Waals surface area contributed by atoms with E-state index in [9.17, 15) is 13.2 Å². The number of nitrogens with one attached hydrogen (secondary N) is 3. The van der Waals surface area contributed by atoms with Crippen molar-refractivity contribution in [1.29, 1.82) is 0 Å². The minimum absolute atomic E-state index is 0.108. The van der Waals surface area contributed by atoms with Gasteiger partial charge in [-0.3, -0.25) is 9.52 Å². The summed E-state index contributed by atoms with van der Waals surface area (Å²) < 4.78 is 26.5. The van der Waals surface area contributed by atoms with Gasteiger partial charge < -0.3 is 10.3 Å². The first-order chi connectivity index (χ1) is 10.4. The van der Waals surface area contributed by atoms with Crippen LogP contribution in [0.4, 0.5) is 5.69 Å². The van der Waals surface area contributed by atoms with Crippen LogP contribution in [0.3, 0.4) is 0 Å². The molecule has 0 saturated carbocycles. The van der Waals surface area contributed by atoms with Crippen molar-refractivity contribution in [1.82, 2.24) is 10.3 Å². The third-order valence-corrected chi connectivity index (χ3v) is 4.93. The Morgan fingerprint density at radius 2 is 2.05 bits per heavy atom. The summed E-state index contributed by atoms with van der Waals surface area (Å²) in [6, 6.07) is 5.21. The molecular formula is C15H21N3O3S. The molecule has 0 aliphatic heterocycles. The van der Waals surface area contributed by atoms with Gasteiger partial charge >= 0.3 is 0 Å². The highest BCUT2D eigenvalue weighted by atomic mass is 32.2. The third kappa shape index (κ3) is 3.41. The van der Waals surface area contributed by atoms with E-state index in [1.807, 2.05) is 13.8 Å². The SMILES string of the molecule is CCCCS(=O)(=O)Nc1ccc2[nH]c(C(=O)NC)c(C)c2c1. The van der Waals surface area contributed by atoms with E-state index in [4.69, 9.17) is 0 Å². The quantitative estimate of drug-likeness (QED) is 0.762. The molecule has 1 aromatic heterocycles. The number of unbranched alkanes of at least 4 members (excludes halogenated alkanes) is 1. The zero-order valence-electron chi connectivity index (χ0n) is 13.0. The number of aromatic nitrogens is 1. The molecule has 120 valence electrons. The predicted molar refractivity (Wildman–Crippen MR) is 88.7 cm³/mol. The van der Waals surface area contributed by atoms with Gasteiger partial charge in [-0.2, -0.15) is 0 Å². The maximum atomic E-state index is 12.0. The maximum absolute atomic E-state index is 12.0. The van der Waals surface area contributed by atoms with Crippen LogP contribution in [0.25, 0.3) is 10.9 Å². The molecule has 2 aromatic rings. The highest BCUT2D eigenvalue weighted by molar-refractivity contribution is 7.92. The van der Waals surface area contributed by atoms with Crippen LogP contribution in [0.15, 0.2) is 18.2 Å². The fourth-order valence-electron chi connectivity index (χ4n) is 2.31. The minimum Gasteiger partial charge on any atom is -0.354 e. The lowest BCUT2D eigenvalue weighted by atomic mass is 10.1. The number of anilines is 1. The average molecular weight is 323 g/mol. The van der Waals surface area contributed by atoms with E-state index < -0.39 is 10.0 Å². The van der Waals surface area contributed by atoms with Crippen LogP contribution in [0.1, 0.15) is 35.8 Å². The molecule has 22 heavy (non-hydrogen) atoms. The van der Waals surface area contributed by atoms with Gasteiger partial charge in [0.15, 0.2) is 0 Å². The Labute approximate surface area is 130 Å². The van der Waals surface area contributed by atoms with Crippen LogP contribution in [0.2, 0.25) is 0 Å². The smallest absolute Gasteiger partial charge is 0.267 e. The second kappa shape index (κ2) is 6.39. The van der Waals surface area contributed by atoms with Gasteiger partial charge in [0, 0.05) is 23.6 Å². The van der Waals surface area contributed by atoms with E-state index in [0.717, 1.165) is 22.9 Å². The number of hydrogen-bond donors (Lipinski definition) is 3. The molecule has 0 aliphatic rings. The molecule has 7 heteroatoms. The van der Waals surface area contributed by atoms with Crippen LogP contribution in [0, 0.1) is 6.92 Å². The van der Waals surface area contributed by atoms with Gasteiger partial charge in [-0.05, 0) is 37.1 Å². The number of sulfonamides is 1. The van der Waals surface area contributed by atoms with Crippen LogP contribution in [-0.4, -0.2) is 32.1 Å². The van der Waals surface area contributed by atoms with Crippen molar-refractivity contribution in [2.75, 3.05) is 17.5 Å². The molecule has 0 bridgehead atoms. The summed E-state index contributed by atoms with van der Waals surface area (Å²) in [6.45, 7) is 3.78. The van der Waals surface area contributed by atoms with Crippen LogP contribution in [-0.2, 0) is 10.0 Å². The zero-order valence-corrected chi connectivity index (χ0v) is 13.8. The molecule has 2 rings (SSSR count). The van der Waals surface area contributed by atoms with E-state index >= 15 is 0 Å². The molecule has 0 atom stereocenters. The second-order valence-corrected chi connectivity index (χ2v) is 7.08. The van der Waals surface area contributed by atoms with Gasteiger partial charge in [0.05, 0.1) is 5.75 Å². The maximum Gasteiger partial charge on any atom is 0.267 e. The van der Waals surface area contributed by atoms with E-state index in [1.54, 1.807) is 25.2 Å². The lowest BCUT2D eigenvalue weighted by Crippen LogP contribution is -2.19. The van der Waals surface area contributed by atoms with Gasteiger partial charge in [-0.1, -0.05) is 13.3 Å². The van der Waals surface area contributed by atoms with E-state index in [2.05, 4.69) is 15.0 Å². The monoisotopic (exact) mass is 323 g/mol. The van der Waals surface area contributed by atoms with E-state index in [-0.39, 0.29) is 11.7 Å². The summed E-state index contributed by atoms with van der Waals surface area (Å²) in [5.74, 6) is -0.0873. The Morgan fingerprint density at radius 1 is 1.32 bits per heavy atom. The largest absolute Gasteiger partial charge is 0.354 e.